The number of hydrogen-bond donors (Lipinski definition) is 2. The molecule has 2 N–H and O–H groups in total. The van der Waals surface area contributed by atoms with E-state index in [0.29, 0.717) is 44.5 Å². The molecule has 2 aliphatic heterocycles. The summed E-state index contributed by atoms with van der Waals surface area (Å²) in [5.74, 6) is -0.185. The fourth-order valence-electron chi connectivity index (χ4n) is 5.28. The number of rotatable bonds is 4. The predicted molar refractivity (Wildman–Crippen MR) is 124 cm³/mol. The molecule has 0 radical (unpaired) electrons. The van der Waals surface area contributed by atoms with Crippen molar-refractivity contribution in [3.05, 3.63) is 0 Å². The number of fused-ring (bicyclic) bond motifs is 3. The zero-order valence-corrected chi connectivity index (χ0v) is 21.1. The molecule has 33 heavy (non-hydrogen) atoms. The third kappa shape index (κ3) is 6.38. The van der Waals surface area contributed by atoms with Crippen LogP contribution in [0.4, 0.5) is 4.79 Å². The van der Waals surface area contributed by atoms with E-state index < -0.39 is 23.8 Å². The Kier molecular flexibility index (Phi) is 7.94. The third-order valence-electron chi connectivity index (χ3n) is 7.04. The molecule has 2 bridgehead atoms. The zero-order valence-electron chi connectivity index (χ0n) is 21.1. The summed E-state index contributed by atoms with van der Waals surface area (Å²) in [6.07, 6.45) is 3.68. The van der Waals surface area contributed by atoms with Gasteiger partial charge in [-0.05, 0) is 58.9 Å². The smallest absolute Gasteiger partial charge is 0.408 e. The molecule has 1 aliphatic carbocycles. The summed E-state index contributed by atoms with van der Waals surface area (Å²) >= 11 is 0. The number of cyclic esters (lactones) is 1. The lowest BCUT2D eigenvalue weighted by molar-refractivity contribution is -0.155. The van der Waals surface area contributed by atoms with E-state index in [9.17, 15) is 14.4 Å². The predicted octanol–water partition coefficient (Wildman–Crippen LogP) is 2.45. The Labute approximate surface area is 197 Å². The Hall–Kier alpha value is -1.87. The first kappa shape index (κ1) is 25.7. The maximum absolute atomic E-state index is 13.5. The van der Waals surface area contributed by atoms with E-state index in [0.717, 1.165) is 25.8 Å². The van der Waals surface area contributed by atoms with Gasteiger partial charge in [0, 0.05) is 24.5 Å². The second kappa shape index (κ2) is 10.2. The van der Waals surface area contributed by atoms with Gasteiger partial charge in [0.15, 0.2) is 0 Å². The molecule has 2 amide bonds. The Morgan fingerprint density at radius 3 is 2.67 bits per heavy atom. The first-order valence-corrected chi connectivity index (χ1v) is 12.4. The summed E-state index contributed by atoms with van der Waals surface area (Å²) < 4.78 is 11.2. The molecule has 3 unspecified atom stereocenters. The second-order valence-corrected chi connectivity index (χ2v) is 11.0. The van der Waals surface area contributed by atoms with Crippen molar-refractivity contribution in [2.75, 3.05) is 26.2 Å². The molecule has 3 rings (SSSR count). The van der Waals surface area contributed by atoms with Crippen LogP contribution in [-0.2, 0) is 19.1 Å². The van der Waals surface area contributed by atoms with Gasteiger partial charge in [0.2, 0.25) is 0 Å². The van der Waals surface area contributed by atoms with Crippen molar-refractivity contribution in [2.24, 2.45) is 11.3 Å². The highest BCUT2D eigenvalue weighted by Gasteiger charge is 2.53. The highest BCUT2D eigenvalue weighted by atomic mass is 16.6. The van der Waals surface area contributed by atoms with Crippen LogP contribution in [0.25, 0.3) is 0 Å². The van der Waals surface area contributed by atoms with E-state index in [1.54, 1.807) is 20.8 Å². The van der Waals surface area contributed by atoms with Crippen LogP contribution in [0.3, 0.4) is 0 Å². The highest BCUT2D eigenvalue weighted by molar-refractivity contribution is 5.86. The van der Waals surface area contributed by atoms with E-state index in [-0.39, 0.29) is 17.3 Å². The molecule has 1 saturated carbocycles. The summed E-state index contributed by atoms with van der Waals surface area (Å²) in [5.41, 5.74) is 2.28. The van der Waals surface area contributed by atoms with Gasteiger partial charge in [0.1, 0.15) is 17.7 Å². The SMILES string of the molecule is CCCC1(C)COC(=O)[C@@H]2CCCN(N2)C(=O)[C@@H](NC(=O)OC(C)(C)C)CN(CC)C2CC21. The summed E-state index contributed by atoms with van der Waals surface area (Å²) in [6, 6.07) is -1.04. The van der Waals surface area contributed by atoms with Gasteiger partial charge in [0.05, 0.1) is 6.61 Å². The van der Waals surface area contributed by atoms with E-state index in [1.807, 2.05) is 0 Å². The summed E-state index contributed by atoms with van der Waals surface area (Å²) in [6.45, 7) is 13.9. The van der Waals surface area contributed by atoms with E-state index in [1.165, 1.54) is 5.01 Å². The minimum absolute atomic E-state index is 0.108. The highest BCUT2D eigenvalue weighted by Crippen LogP contribution is 2.51. The number of alkyl carbamates (subject to hydrolysis) is 1. The molecule has 0 aromatic carbocycles. The molecule has 3 fully saturated rings. The average Bonchev–Trinajstić information content (AvgIpc) is 3.54. The number of amides is 2. The topological polar surface area (TPSA) is 100 Å². The lowest BCUT2D eigenvalue weighted by atomic mass is 9.81. The molecule has 9 heteroatoms. The number of esters is 1. The maximum atomic E-state index is 13.5. The van der Waals surface area contributed by atoms with Crippen molar-refractivity contribution in [3.63, 3.8) is 0 Å². The Bertz CT molecular complexity index is 739. The van der Waals surface area contributed by atoms with E-state index in [4.69, 9.17) is 9.47 Å². The number of carbonyl (C=O) groups is 3. The van der Waals surface area contributed by atoms with E-state index >= 15 is 0 Å². The second-order valence-electron chi connectivity index (χ2n) is 11.0. The molecule has 188 valence electrons. The molecule has 3 aliphatic rings. The number of nitrogens with one attached hydrogen (secondary N) is 2. The minimum Gasteiger partial charge on any atom is -0.464 e. The maximum Gasteiger partial charge on any atom is 0.408 e. The standard InChI is InChI=1S/C24H42N4O5/c1-7-11-24(6)15-32-21(30)17-10-9-12-28(26-17)20(29)18(25-22(31)33-23(3,4)5)14-27(8-2)19-13-16(19)24/h16-19,26H,7-15H2,1-6H3,(H,25,31)/t16?,17-,18-,19?,24?/m0/s1. The van der Waals surface area contributed by atoms with Gasteiger partial charge in [-0.1, -0.05) is 27.2 Å². The summed E-state index contributed by atoms with van der Waals surface area (Å²) in [4.78, 5) is 41.2. The Morgan fingerprint density at radius 2 is 2.03 bits per heavy atom. The fraction of sp³-hybridized carbons (Fsp3) is 0.875. The van der Waals surface area contributed by atoms with E-state index in [2.05, 4.69) is 36.4 Å². The lowest BCUT2D eigenvalue weighted by Crippen LogP contribution is -2.62. The van der Waals surface area contributed by atoms with Crippen LogP contribution in [0.15, 0.2) is 0 Å². The number of likely N-dealkylation sites (N-methyl/N-ethyl adjacent to an activating group) is 1. The number of ether oxygens (including phenoxy) is 2. The fourth-order valence-corrected chi connectivity index (χ4v) is 5.28. The van der Waals surface area contributed by atoms with Gasteiger partial charge in [-0.25, -0.2) is 10.2 Å². The van der Waals surface area contributed by atoms with Gasteiger partial charge in [0.25, 0.3) is 5.91 Å². The molecule has 9 nitrogen and oxygen atoms in total. The van der Waals surface area contributed by atoms with Crippen molar-refractivity contribution in [1.29, 1.82) is 0 Å². The number of nitrogens with zero attached hydrogens (tertiary/aromatic N) is 2. The molecule has 0 aromatic rings. The molecule has 0 spiro atoms. The lowest BCUT2D eigenvalue weighted by Gasteiger charge is -2.36. The normalized spacial score (nSPS) is 33.7. The van der Waals surface area contributed by atoms with Crippen molar-refractivity contribution >= 4 is 18.0 Å². The Balaban J connectivity index is 1.88. The minimum atomic E-state index is -0.776. The first-order chi connectivity index (χ1) is 15.5. The molecular weight excluding hydrogens is 424 g/mol. The van der Waals surface area contributed by atoms with Gasteiger partial charge in [-0.2, -0.15) is 0 Å². The van der Waals surface area contributed by atoms with Crippen molar-refractivity contribution in [3.8, 4) is 0 Å². The van der Waals surface area contributed by atoms with Crippen LogP contribution in [0, 0.1) is 11.3 Å². The van der Waals surface area contributed by atoms with Gasteiger partial charge >= 0.3 is 12.1 Å². The largest absolute Gasteiger partial charge is 0.464 e. The van der Waals surface area contributed by atoms with Crippen molar-refractivity contribution in [1.82, 2.24) is 20.7 Å². The van der Waals surface area contributed by atoms with Crippen molar-refractivity contribution < 1.29 is 23.9 Å². The summed E-state index contributed by atoms with van der Waals surface area (Å²) in [7, 11) is 0. The molecule has 0 aromatic heterocycles. The Morgan fingerprint density at radius 1 is 1.30 bits per heavy atom. The van der Waals surface area contributed by atoms with Gasteiger partial charge in [-0.15, -0.1) is 0 Å². The van der Waals surface area contributed by atoms with Gasteiger partial charge in [-0.3, -0.25) is 19.5 Å². The van der Waals surface area contributed by atoms with Crippen LogP contribution >= 0.6 is 0 Å². The quantitative estimate of drug-likeness (QED) is 0.614. The number of carbonyl (C=O) groups excluding carboxylic acids is 3. The van der Waals surface area contributed by atoms with Crippen LogP contribution in [0.2, 0.25) is 0 Å². The average molecular weight is 467 g/mol. The molecule has 5 atom stereocenters. The monoisotopic (exact) mass is 466 g/mol. The van der Waals surface area contributed by atoms with Crippen LogP contribution in [-0.4, -0.2) is 77.8 Å². The third-order valence-corrected chi connectivity index (χ3v) is 7.04. The molecular formula is C24H42N4O5. The van der Waals surface area contributed by atoms with Crippen molar-refractivity contribution in [2.45, 2.75) is 97.4 Å². The first-order valence-electron chi connectivity index (χ1n) is 12.4. The van der Waals surface area contributed by atoms with Crippen LogP contribution in [0.1, 0.15) is 73.6 Å². The van der Waals surface area contributed by atoms with Gasteiger partial charge < -0.3 is 14.8 Å². The van der Waals surface area contributed by atoms with Crippen LogP contribution < -0.4 is 10.7 Å². The van der Waals surface area contributed by atoms with Crippen LogP contribution in [0.5, 0.6) is 0 Å². The summed E-state index contributed by atoms with van der Waals surface area (Å²) in [5, 5.41) is 4.28. The molecule has 2 saturated heterocycles. The zero-order chi connectivity index (χ0) is 24.4. The molecule has 2 heterocycles. The number of hydrogen-bond acceptors (Lipinski definition) is 7. The number of hydrazine groups is 1.